The number of anilines is 2. The first-order valence-electron chi connectivity index (χ1n) is 10.9. The number of amides is 1. The van der Waals surface area contributed by atoms with Gasteiger partial charge in [0.2, 0.25) is 10.0 Å². The number of methoxy groups -OCH3 is 1. The van der Waals surface area contributed by atoms with Crippen LogP contribution in [0.15, 0.2) is 47.4 Å². The highest BCUT2D eigenvalue weighted by Crippen LogP contribution is 2.33. The van der Waals surface area contributed by atoms with Crippen molar-refractivity contribution in [1.29, 1.82) is 0 Å². The number of hydrogen-bond donors (Lipinski definition) is 1. The molecule has 0 radical (unpaired) electrons. The third kappa shape index (κ3) is 5.02. The fourth-order valence-electron chi connectivity index (χ4n) is 4.02. The van der Waals surface area contributed by atoms with Crippen LogP contribution in [0, 0.1) is 0 Å². The number of rotatable bonds is 6. The van der Waals surface area contributed by atoms with E-state index in [-0.39, 0.29) is 4.90 Å². The van der Waals surface area contributed by atoms with Crippen molar-refractivity contribution in [2.45, 2.75) is 17.7 Å². The molecule has 0 spiro atoms. The summed E-state index contributed by atoms with van der Waals surface area (Å²) in [4.78, 5) is 26.9. The highest BCUT2D eigenvalue weighted by Gasteiger charge is 2.28. The summed E-state index contributed by atoms with van der Waals surface area (Å²) in [6.07, 6.45) is 2.08. The number of esters is 1. The summed E-state index contributed by atoms with van der Waals surface area (Å²) in [5.74, 6) is -0.882. The molecule has 0 unspecified atom stereocenters. The lowest BCUT2D eigenvalue weighted by atomic mass is 10.1. The molecule has 2 heterocycles. The number of ether oxygens (including phenoxy) is 2. The minimum Gasteiger partial charge on any atom is -0.465 e. The zero-order valence-corrected chi connectivity index (χ0v) is 19.3. The van der Waals surface area contributed by atoms with Gasteiger partial charge in [-0.15, -0.1) is 0 Å². The number of sulfonamides is 1. The molecule has 2 aromatic rings. The molecular formula is C23H27N3O6S. The highest BCUT2D eigenvalue weighted by atomic mass is 32.2. The fraction of sp³-hybridized carbons (Fsp3) is 0.391. The van der Waals surface area contributed by atoms with Gasteiger partial charge in [-0.1, -0.05) is 0 Å². The summed E-state index contributed by atoms with van der Waals surface area (Å²) in [5.41, 5.74) is 1.91. The van der Waals surface area contributed by atoms with E-state index in [9.17, 15) is 18.0 Å². The number of morpholine rings is 1. The summed E-state index contributed by atoms with van der Waals surface area (Å²) in [5, 5.41) is 2.88. The van der Waals surface area contributed by atoms with Crippen LogP contribution in [0.25, 0.3) is 0 Å². The molecule has 0 saturated carbocycles. The summed E-state index contributed by atoms with van der Waals surface area (Å²) >= 11 is 0. The smallest absolute Gasteiger partial charge is 0.337 e. The van der Waals surface area contributed by atoms with Gasteiger partial charge in [-0.2, -0.15) is 4.31 Å². The van der Waals surface area contributed by atoms with Gasteiger partial charge in [0.05, 0.1) is 42.2 Å². The van der Waals surface area contributed by atoms with Crippen LogP contribution in [0.1, 0.15) is 33.6 Å². The predicted octanol–water partition coefficient (Wildman–Crippen LogP) is 2.35. The molecule has 1 N–H and O–H groups in total. The second-order valence-electron chi connectivity index (χ2n) is 7.91. The minimum absolute atomic E-state index is 0.128. The van der Waals surface area contributed by atoms with Crippen molar-refractivity contribution in [3.63, 3.8) is 0 Å². The number of carbonyl (C=O) groups is 2. The van der Waals surface area contributed by atoms with E-state index in [2.05, 4.69) is 15.0 Å². The lowest BCUT2D eigenvalue weighted by Crippen LogP contribution is -2.40. The van der Waals surface area contributed by atoms with Gasteiger partial charge in [-0.25, -0.2) is 13.2 Å². The van der Waals surface area contributed by atoms with E-state index < -0.39 is 21.9 Å². The number of nitrogens with one attached hydrogen (secondary N) is 1. The molecule has 2 aliphatic rings. The topological polar surface area (TPSA) is 105 Å². The van der Waals surface area contributed by atoms with Crippen molar-refractivity contribution in [3.05, 3.63) is 53.6 Å². The van der Waals surface area contributed by atoms with Crippen LogP contribution in [0.5, 0.6) is 0 Å². The van der Waals surface area contributed by atoms with E-state index in [0.717, 1.165) is 31.6 Å². The lowest BCUT2D eigenvalue weighted by Gasteiger charge is -2.27. The van der Waals surface area contributed by atoms with Gasteiger partial charge < -0.3 is 19.7 Å². The first-order chi connectivity index (χ1) is 15.9. The second kappa shape index (κ2) is 9.90. The molecule has 0 aromatic heterocycles. The summed E-state index contributed by atoms with van der Waals surface area (Å²) in [6.45, 7) is 2.99. The van der Waals surface area contributed by atoms with Crippen molar-refractivity contribution >= 4 is 33.3 Å². The zero-order chi connectivity index (χ0) is 23.4. The van der Waals surface area contributed by atoms with Gasteiger partial charge in [0, 0.05) is 31.7 Å². The molecule has 2 saturated heterocycles. The number of carbonyl (C=O) groups excluding carboxylic acids is 2. The Hall–Kier alpha value is -2.95. The van der Waals surface area contributed by atoms with Gasteiger partial charge in [0.15, 0.2) is 0 Å². The van der Waals surface area contributed by atoms with Gasteiger partial charge in [0.25, 0.3) is 5.91 Å². The third-order valence-electron chi connectivity index (χ3n) is 5.84. The minimum atomic E-state index is -3.71. The summed E-state index contributed by atoms with van der Waals surface area (Å²) < 4.78 is 37.7. The SMILES string of the molecule is COC(=O)c1ccc(C(=O)Nc2cc(S(=O)(=O)N3CCOCC3)ccc2N2CCCC2)cc1. The maximum atomic E-state index is 13.2. The Labute approximate surface area is 193 Å². The Kier molecular flexibility index (Phi) is 6.96. The van der Waals surface area contributed by atoms with Crippen LogP contribution < -0.4 is 10.2 Å². The Balaban J connectivity index is 1.63. The zero-order valence-electron chi connectivity index (χ0n) is 18.5. The van der Waals surface area contributed by atoms with E-state index in [4.69, 9.17) is 4.74 Å². The highest BCUT2D eigenvalue weighted by molar-refractivity contribution is 7.89. The monoisotopic (exact) mass is 473 g/mol. The van der Waals surface area contributed by atoms with Crippen molar-refractivity contribution in [1.82, 2.24) is 4.31 Å². The quantitative estimate of drug-likeness (QED) is 0.642. The standard InChI is InChI=1S/C23H27N3O6S/c1-31-23(28)18-6-4-17(5-7-18)22(27)24-20-16-19(8-9-21(20)25-10-2-3-11-25)33(29,30)26-12-14-32-15-13-26/h4-9,16H,2-3,10-15H2,1H3,(H,24,27). The molecule has 2 fully saturated rings. The van der Waals surface area contributed by atoms with Crippen LogP contribution in [0.3, 0.4) is 0 Å². The maximum Gasteiger partial charge on any atom is 0.337 e. The summed E-state index contributed by atoms with van der Waals surface area (Å²) in [6, 6.07) is 11.0. The molecule has 0 aliphatic carbocycles. The van der Waals surface area contributed by atoms with Gasteiger partial charge in [0.1, 0.15) is 0 Å². The van der Waals surface area contributed by atoms with Crippen molar-refractivity contribution in [2.75, 3.05) is 56.7 Å². The van der Waals surface area contributed by atoms with Gasteiger partial charge in [-0.05, 0) is 55.3 Å². The Morgan fingerprint density at radius 2 is 1.58 bits per heavy atom. The Bertz CT molecular complexity index is 1120. The van der Waals surface area contributed by atoms with Crippen molar-refractivity contribution in [3.8, 4) is 0 Å². The second-order valence-corrected chi connectivity index (χ2v) is 9.85. The Morgan fingerprint density at radius 1 is 0.939 bits per heavy atom. The van der Waals surface area contributed by atoms with Crippen LogP contribution in [0.4, 0.5) is 11.4 Å². The molecule has 0 bridgehead atoms. The van der Waals surface area contributed by atoms with Crippen LogP contribution in [-0.2, 0) is 19.5 Å². The Morgan fingerprint density at radius 3 is 2.21 bits per heavy atom. The van der Waals surface area contributed by atoms with Crippen LogP contribution >= 0.6 is 0 Å². The first-order valence-corrected chi connectivity index (χ1v) is 12.3. The molecular weight excluding hydrogens is 446 g/mol. The predicted molar refractivity (Wildman–Crippen MR) is 123 cm³/mol. The molecule has 33 heavy (non-hydrogen) atoms. The van der Waals surface area contributed by atoms with Gasteiger partial charge >= 0.3 is 5.97 Å². The molecule has 2 aromatic carbocycles. The first kappa shape index (κ1) is 23.2. The average molecular weight is 474 g/mol. The number of nitrogens with zero attached hydrogens (tertiary/aromatic N) is 2. The van der Waals surface area contributed by atoms with Crippen LogP contribution in [-0.4, -0.2) is 71.1 Å². The molecule has 10 heteroatoms. The summed E-state index contributed by atoms with van der Waals surface area (Å²) in [7, 11) is -2.42. The number of benzene rings is 2. The van der Waals surface area contributed by atoms with E-state index in [1.807, 2.05) is 0 Å². The van der Waals surface area contributed by atoms with E-state index in [0.29, 0.717) is 43.1 Å². The third-order valence-corrected chi connectivity index (χ3v) is 7.73. The largest absolute Gasteiger partial charge is 0.465 e. The van der Waals surface area contributed by atoms with Gasteiger partial charge in [-0.3, -0.25) is 4.79 Å². The van der Waals surface area contributed by atoms with E-state index >= 15 is 0 Å². The van der Waals surface area contributed by atoms with E-state index in [1.54, 1.807) is 12.1 Å². The average Bonchev–Trinajstić information content (AvgIpc) is 3.39. The van der Waals surface area contributed by atoms with Crippen molar-refractivity contribution in [2.24, 2.45) is 0 Å². The normalized spacial score (nSPS) is 17.1. The fourth-order valence-corrected chi connectivity index (χ4v) is 5.45. The maximum absolute atomic E-state index is 13.2. The van der Waals surface area contributed by atoms with E-state index in [1.165, 1.54) is 41.7 Å². The number of hydrogen-bond acceptors (Lipinski definition) is 7. The molecule has 176 valence electrons. The van der Waals surface area contributed by atoms with Crippen LogP contribution in [0.2, 0.25) is 0 Å². The molecule has 9 nitrogen and oxygen atoms in total. The van der Waals surface area contributed by atoms with Crippen molar-refractivity contribution < 1.29 is 27.5 Å². The lowest BCUT2D eigenvalue weighted by molar-refractivity contribution is 0.0600. The molecule has 4 rings (SSSR count). The molecule has 0 atom stereocenters. The molecule has 1 amide bonds. The molecule has 2 aliphatic heterocycles.